The number of anilines is 2. The number of rotatable bonds is 4. The molecule has 1 N–H and O–H groups in total. The average Bonchev–Trinajstić information content (AvgIpc) is 2.55. The van der Waals surface area contributed by atoms with Crippen LogP contribution in [0.1, 0.15) is 11.1 Å². The highest BCUT2D eigenvalue weighted by molar-refractivity contribution is 5.82. The number of carbonyl (C=O) groups excluding carboxylic acids is 1. The monoisotopic (exact) mass is 325 g/mol. The van der Waals surface area contributed by atoms with Gasteiger partial charge < -0.3 is 15.1 Å². The Bertz CT molecular complexity index is 717. The lowest BCUT2D eigenvalue weighted by Crippen LogP contribution is -2.55. The van der Waals surface area contributed by atoms with E-state index in [0.717, 1.165) is 17.8 Å². The van der Waals surface area contributed by atoms with Crippen LogP contribution in [-0.4, -0.2) is 49.1 Å². The summed E-state index contributed by atoms with van der Waals surface area (Å²) in [6, 6.07) is 10.3. The molecule has 2 heterocycles. The van der Waals surface area contributed by atoms with Crippen molar-refractivity contribution in [3.8, 4) is 0 Å². The maximum absolute atomic E-state index is 12.1. The number of nitrogens with one attached hydrogen (secondary N) is 1. The molecule has 0 spiro atoms. The molecule has 6 heteroatoms. The van der Waals surface area contributed by atoms with Gasteiger partial charge in [0.15, 0.2) is 0 Å². The highest BCUT2D eigenvalue weighted by Gasteiger charge is 2.26. The average molecular weight is 325 g/mol. The molecule has 2 aromatic rings. The van der Waals surface area contributed by atoms with Crippen molar-refractivity contribution in [1.82, 2.24) is 15.3 Å². The minimum absolute atomic E-state index is 0.0118. The van der Waals surface area contributed by atoms with Crippen LogP contribution >= 0.6 is 0 Å². The van der Waals surface area contributed by atoms with E-state index in [-0.39, 0.29) is 11.9 Å². The quantitative estimate of drug-likeness (QED) is 0.921. The summed E-state index contributed by atoms with van der Waals surface area (Å²) in [5.74, 6) is 1.50. The number of nitrogens with zero attached hydrogens (tertiary/aromatic N) is 4. The van der Waals surface area contributed by atoms with Gasteiger partial charge in [0, 0.05) is 32.4 Å². The number of carbonyl (C=O) groups is 1. The number of hydrogen-bond acceptors (Lipinski definition) is 5. The Morgan fingerprint density at radius 2 is 2.04 bits per heavy atom. The lowest BCUT2D eigenvalue weighted by molar-refractivity contribution is -0.121. The predicted octanol–water partition coefficient (Wildman–Crippen LogP) is 1.40. The van der Waals surface area contributed by atoms with Crippen molar-refractivity contribution in [1.29, 1.82) is 0 Å². The Labute approximate surface area is 142 Å². The largest absolute Gasteiger partial charge is 0.362 e. The number of piperazine rings is 1. The molecule has 1 aliphatic heterocycles. The number of amides is 1. The smallest absolute Gasteiger partial charge is 0.239 e. The van der Waals surface area contributed by atoms with Gasteiger partial charge in [-0.1, -0.05) is 30.3 Å². The first-order chi connectivity index (χ1) is 11.5. The van der Waals surface area contributed by atoms with Crippen LogP contribution in [0.2, 0.25) is 0 Å². The summed E-state index contributed by atoms with van der Waals surface area (Å²) < 4.78 is 0. The molecule has 126 valence electrons. The number of aromatic nitrogens is 2. The van der Waals surface area contributed by atoms with Crippen LogP contribution < -0.4 is 15.1 Å². The van der Waals surface area contributed by atoms with Gasteiger partial charge in [0.05, 0.1) is 12.6 Å². The molecule has 0 unspecified atom stereocenters. The SMILES string of the molecule is Cc1cnc(N2CC(=O)N[C@@H](Cc3ccccc3)C2)nc1N(C)C. The first kappa shape index (κ1) is 16.2. The number of benzene rings is 1. The fourth-order valence-corrected chi connectivity index (χ4v) is 3.02. The van der Waals surface area contributed by atoms with Gasteiger partial charge in [0.25, 0.3) is 0 Å². The van der Waals surface area contributed by atoms with E-state index in [1.54, 1.807) is 0 Å². The van der Waals surface area contributed by atoms with Crippen LogP contribution in [0.5, 0.6) is 0 Å². The van der Waals surface area contributed by atoms with E-state index in [2.05, 4.69) is 27.4 Å². The Kier molecular flexibility index (Phi) is 4.64. The number of aryl methyl sites for hydroxylation is 1. The second-order valence-corrected chi connectivity index (χ2v) is 6.41. The van der Waals surface area contributed by atoms with E-state index in [9.17, 15) is 4.79 Å². The maximum atomic E-state index is 12.1. The van der Waals surface area contributed by atoms with Gasteiger partial charge in [-0.15, -0.1) is 0 Å². The summed E-state index contributed by atoms with van der Waals surface area (Å²) in [5, 5.41) is 3.07. The van der Waals surface area contributed by atoms with Crippen LogP contribution in [0, 0.1) is 6.92 Å². The first-order valence-electron chi connectivity index (χ1n) is 8.12. The van der Waals surface area contributed by atoms with E-state index in [1.807, 2.05) is 55.2 Å². The summed E-state index contributed by atoms with van der Waals surface area (Å²) in [5.41, 5.74) is 2.23. The second-order valence-electron chi connectivity index (χ2n) is 6.41. The third kappa shape index (κ3) is 3.64. The van der Waals surface area contributed by atoms with Gasteiger partial charge in [-0.2, -0.15) is 4.98 Å². The molecule has 24 heavy (non-hydrogen) atoms. The van der Waals surface area contributed by atoms with Crippen molar-refractivity contribution in [3.05, 3.63) is 47.7 Å². The Morgan fingerprint density at radius 1 is 1.29 bits per heavy atom. The summed E-state index contributed by atoms with van der Waals surface area (Å²) in [6.45, 7) is 2.98. The maximum Gasteiger partial charge on any atom is 0.239 e. The molecular weight excluding hydrogens is 302 g/mol. The fourth-order valence-electron chi connectivity index (χ4n) is 3.02. The fraction of sp³-hybridized carbons (Fsp3) is 0.389. The summed E-state index contributed by atoms with van der Waals surface area (Å²) in [4.78, 5) is 25.1. The van der Waals surface area contributed by atoms with Gasteiger partial charge in [-0.3, -0.25) is 4.79 Å². The van der Waals surface area contributed by atoms with E-state index < -0.39 is 0 Å². The molecule has 0 aliphatic carbocycles. The molecule has 0 bridgehead atoms. The topological polar surface area (TPSA) is 61.4 Å². The summed E-state index contributed by atoms with van der Waals surface area (Å²) in [7, 11) is 3.92. The van der Waals surface area contributed by atoms with Crippen molar-refractivity contribution >= 4 is 17.7 Å². The molecule has 1 aromatic carbocycles. The van der Waals surface area contributed by atoms with Crippen molar-refractivity contribution in [2.75, 3.05) is 37.0 Å². The molecule has 1 aromatic heterocycles. The zero-order valence-corrected chi connectivity index (χ0v) is 14.4. The van der Waals surface area contributed by atoms with Crippen molar-refractivity contribution < 1.29 is 4.79 Å². The van der Waals surface area contributed by atoms with E-state index in [0.29, 0.717) is 19.0 Å². The minimum Gasteiger partial charge on any atom is -0.362 e. The molecule has 6 nitrogen and oxygen atoms in total. The number of hydrogen-bond donors (Lipinski definition) is 1. The summed E-state index contributed by atoms with van der Waals surface area (Å²) >= 11 is 0. The van der Waals surface area contributed by atoms with Gasteiger partial charge in [0.2, 0.25) is 11.9 Å². The third-order valence-corrected chi connectivity index (χ3v) is 4.10. The Hall–Kier alpha value is -2.63. The van der Waals surface area contributed by atoms with Crippen molar-refractivity contribution in [2.45, 2.75) is 19.4 Å². The van der Waals surface area contributed by atoms with Crippen molar-refractivity contribution in [2.24, 2.45) is 0 Å². The zero-order valence-electron chi connectivity index (χ0n) is 14.4. The first-order valence-corrected chi connectivity index (χ1v) is 8.12. The molecule has 1 saturated heterocycles. The zero-order chi connectivity index (χ0) is 17.1. The van der Waals surface area contributed by atoms with Crippen LogP contribution in [0.25, 0.3) is 0 Å². The summed E-state index contributed by atoms with van der Waals surface area (Å²) in [6.07, 6.45) is 2.62. The van der Waals surface area contributed by atoms with Gasteiger partial charge in [0.1, 0.15) is 5.82 Å². The normalized spacial score (nSPS) is 17.5. The molecule has 1 aliphatic rings. The molecule has 3 rings (SSSR count). The lowest BCUT2D eigenvalue weighted by atomic mass is 10.0. The molecule has 1 amide bonds. The highest BCUT2D eigenvalue weighted by atomic mass is 16.2. The van der Waals surface area contributed by atoms with E-state index in [1.165, 1.54) is 5.56 Å². The van der Waals surface area contributed by atoms with Gasteiger partial charge in [-0.05, 0) is 18.9 Å². The van der Waals surface area contributed by atoms with Crippen molar-refractivity contribution in [3.63, 3.8) is 0 Å². The molecular formula is C18H23N5O. The standard InChI is InChI=1S/C18H23N5O/c1-13-10-19-18(21-17(13)22(2)3)23-11-15(20-16(24)12-23)9-14-7-5-4-6-8-14/h4-8,10,15H,9,11-12H2,1-3H3,(H,20,24)/t15-/m0/s1. The van der Waals surface area contributed by atoms with Crippen LogP contribution in [0.3, 0.4) is 0 Å². The predicted molar refractivity (Wildman–Crippen MR) is 95.4 cm³/mol. The van der Waals surface area contributed by atoms with Crippen LogP contribution in [-0.2, 0) is 11.2 Å². The van der Waals surface area contributed by atoms with Crippen LogP contribution in [0.15, 0.2) is 36.5 Å². The van der Waals surface area contributed by atoms with Crippen LogP contribution in [0.4, 0.5) is 11.8 Å². The lowest BCUT2D eigenvalue weighted by Gasteiger charge is -2.33. The van der Waals surface area contributed by atoms with Gasteiger partial charge >= 0.3 is 0 Å². The Balaban J connectivity index is 1.78. The molecule has 1 fully saturated rings. The Morgan fingerprint density at radius 3 is 2.75 bits per heavy atom. The van der Waals surface area contributed by atoms with E-state index >= 15 is 0 Å². The van der Waals surface area contributed by atoms with E-state index in [4.69, 9.17) is 0 Å². The third-order valence-electron chi connectivity index (χ3n) is 4.10. The second kappa shape index (κ2) is 6.86. The molecule has 1 atom stereocenters. The highest BCUT2D eigenvalue weighted by Crippen LogP contribution is 2.19. The molecule has 0 radical (unpaired) electrons. The minimum atomic E-state index is 0.0118. The van der Waals surface area contributed by atoms with Gasteiger partial charge in [-0.25, -0.2) is 4.98 Å². The molecule has 0 saturated carbocycles.